The van der Waals surface area contributed by atoms with Gasteiger partial charge in [0.05, 0.1) is 37.3 Å². The summed E-state index contributed by atoms with van der Waals surface area (Å²) in [6, 6.07) is 1.64. The average Bonchev–Trinajstić information content (AvgIpc) is 2.77. The van der Waals surface area contributed by atoms with Crippen molar-refractivity contribution in [2.24, 2.45) is 0 Å². The molecule has 2 fully saturated rings. The van der Waals surface area contributed by atoms with Crippen LogP contribution in [0.3, 0.4) is 0 Å². The number of nitrogens with one attached hydrogen (secondary N) is 2. The zero-order valence-electron chi connectivity index (χ0n) is 11.9. The molecular weight excluding hydrogens is 272 g/mol. The van der Waals surface area contributed by atoms with E-state index < -0.39 is 0 Å². The second kappa shape index (κ2) is 6.46. The zero-order chi connectivity index (χ0) is 14.5. The largest absolute Gasteiger partial charge is 0.377 e. The van der Waals surface area contributed by atoms with E-state index >= 15 is 0 Å². The highest BCUT2D eigenvalue weighted by Crippen LogP contribution is 2.30. The van der Waals surface area contributed by atoms with Gasteiger partial charge in [-0.2, -0.15) is 10.2 Å². The molecular formula is C14H20N4O3. The first-order chi connectivity index (χ1) is 10.3. The molecule has 21 heavy (non-hydrogen) atoms. The predicted octanol–water partition coefficient (Wildman–Crippen LogP) is -0.256. The molecule has 7 nitrogen and oxygen atoms in total. The first kappa shape index (κ1) is 14.4. The van der Waals surface area contributed by atoms with Crippen LogP contribution in [0.1, 0.15) is 23.2 Å². The number of hydrogen-bond acceptors (Lipinski definition) is 6. The summed E-state index contributed by atoms with van der Waals surface area (Å²) in [5.41, 5.74) is 0.279. The molecule has 3 heterocycles. The van der Waals surface area contributed by atoms with Gasteiger partial charge >= 0.3 is 0 Å². The number of hydrogen-bond donors (Lipinski definition) is 2. The Morgan fingerprint density at radius 1 is 1.52 bits per heavy atom. The van der Waals surface area contributed by atoms with E-state index in [1.54, 1.807) is 6.07 Å². The minimum absolute atomic E-state index is 0.0345. The molecule has 0 unspecified atom stereocenters. The fourth-order valence-corrected chi connectivity index (χ4v) is 2.78. The van der Waals surface area contributed by atoms with Crippen LogP contribution in [0.4, 0.5) is 0 Å². The van der Waals surface area contributed by atoms with Crippen molar-refractivity contribution in [1.82, 2.24) is 20.8 Å². The number of carbonyl (C=O) groups excluding carboxylic acids is 1. The van der Waals surface area contributed by atoms with Crippen molar-refractivity contribution in [3.63, 3.8) is 0 Å². The molecule has 0 bridgehead atoms. The molecule has 2 aliphatic heterocycles. The molecule has 1 spiro atoms. The molecule has 1 aromatic rings. The minimum atomic E-state index is -0.232. The van der Waals surface area contributed by atoms with Crippen molar-refractivity contribution >= 4 is 5.91 Å². The standard InChI is InChI=1S/C14H20N4O3/c19-13(11-2-4-17-18-7-11)16-8-12-1-3-14(21-12)9-15-5-6-20-10-14/h2,4,7,12,15H,1,3,5-6,8-10H2,(H,16,19)/t12-,14-/m0/s1. The summed E-state index contributed by atoms with van der Waals surface area (Å²) in [5, 5.41) is 13.6. The Kier molecular flexibility index (Phi) is 4.42. The third kappa shape index (κ3) is 3.55. The maximum atomic E-state index is 12.0. The Labute approximate surface area is 123 Å². The summed E-state index contributed by atoms with van der Waals surface area (Å²) in [4.78, 5) is 12.0. The Bertz CT molecular complexity index is 474. The molecule has 2 atom stereocenters. The highest BCUT2D eigenvalue weighted by atomic mass is 16.6. The maximum absolute atomic E-state index is 12.0. The predicted molar refractivity (Wildman–Crippen MR) is 74.9 cm³/mol. The average molecular weight is 292 g/mol. The molecule has 2 saturated heterocycles. The van der Waals surface area contributed by atoms with Crippen LogP contribution in [0, 0.1) is 0 Å². The van der Waals surface area contributed by atoms with Gasteiger partial charge < -0.3 is 20.1 Å². The van der Waals surface area contributed by atoms with Gasteiger partial charge in [0.25, 0.3) is 5.91 Å². The summed E-state index contributed by atoms with van der Waals surface area (Å²) >= 11 is 0. The topological polar surface area (TPSA) is 85.4 Å². The van der Waals surface area contributed by atoms with Crippen molar-refractivity contribution in [3.05, 3.63) is 24.0 Å². The zero-order valence-corrected chi connectivity index (χ0v) is 11.9. The number of carbonyl (C=O) groups is 1. The lowest BCUT2D eigenvalue weighted by Crippen LogP contribution is -2.43. The molecule has 2 aliphatic rings. The van der Waals surface area contributed by atoms with E-state index in [4.69, 9.17) is 9.47 Å². The first-order valence-electron chi connectivity index (χ1n) is 7.29. The molecule has 0 saturated carbocycles. The van der Waals surface area contributed by atoms with Crippen molar-refractivity contribution in [1.29, 1.82) is 0 Å². The molecule has 1 amide bonds. The van der Waals surface area contributed by atoms with Gasteiger partial charge in [-0.1, -0.05) is 0 Å². The molecule has 1 aromatic heterocycles. The van der Waals surface area contributed by atoms with E-state index in [0.717, 1.165) is 32.5 Å². The van der Waals surface area contributed by atoms with Crippen LogP contribution in [-0.2, 0) is 9.47 Å². The van der Waals surface area contributed by atoms with E-state index in [2.05, 4.69) is 20.8 Å². The lowest BCUT2D eigenvalue weighted by atomic mass is 10.0. The van der Waals surface area contributed by atoms with Gasteiger partial charge in [0.2, 0.25) is 0 Å². The van der Waals surface area contributed by atoms with Gasteiger partial charge in [0.1, 0.15) is 5.60 Å². The number of rotatable bonds is 3. The van der Waals surface area contributed by atoms with Crippen LogP contribution < -0.4 is 10.6 Å². The van der Waals surface area contributed by atoms with Crippen LogP contribution in [0.2, 0.25) is 0 Å². The van der Waals surface area contributed by atoms with Gasteiger partial charge in [-0.05, 0) is 18.9 Å². The highest BCUT2D eigenvalue weighted by molar-refractivity contribution is 5.93. The summed E-state index contributed by atoms with van der Waals surface area (Å²) < 4.78 is 11.7. The van der Waals surface area contributed by atoms with Gasteiger partial charge in [0, 0.05) is 19.6 Å². The normalized spacial score (nSPS) is 29.2. The summed E-state index contributed by atoms with van der Waals surface area (Å²) in [7, 11) is 0. The Hall–Kier alpha value is -1.57. The van der Waals surface area contributed by atoms with E-state index in [0.29, 0.717) is 18.7 Å². The molecule has 0 aromatic carbocycles. The Morgan fingerprint density at radius 2 is 2.48 bits per heavy atom. The second-order valence-corrected chi connectivity index (χ2v) is 5.53. The van der Waals surface area contributed by atoms with Crippen molar-refractivity contribution in [2.45, 2.75) is 24.5 Å². The van der Waals surface area contributed by atoms with Crippen LogP contribution in [-0.4, -0.2) is 60.7 Å². The first-order valence-corrected chi connectivity index (χ1v) is 7.29. The van der Waals surface area contributed by atoms with Crippen LogP contribution in [0.5, 0.6) is 0 Å². The van der Waals surface area contributed by atoms with Crippen LogP contribution in [0.25, 0.3) is 0 Å². The Morgan fingerprint density at radius 3 is 3.33 bits per heavy atom. The number of nitrogens with zero attached hydrogens (tertiary/aromatic N) is 2. The van der Waals surface area contributed by atoms with Crippen molar-refractivity contribution in [2.75, 3.05) is 32.8 Å². The molecule has 0 radical (unpaired) electrons. The minimum Gasteiger partial charge on any atom is -0.377 e. The molecule has 2 N–H and O–H groups in total. The SMILES string of the molecule is O=C(NC[C@@H]1CC[C@@]2(CNCCOC2)O1)c1ccnnc1. The summed E-state index contributed by atoms with van der Waals surface area (Å²) in [6.45, 7) is 3.52. The van der Waals surface area contributed by atoms with E-state index in [1.165, 1.54) is 12.4 Å². The Balaban J connectivity index is 1.50. The van der Waals surface area contributed by atoms with Crippen molar-refractivity contribution < 1.29 is 14.3 Å². The molecule has 3 rings (SSSR count). The van der Waals surface area contributed by atoms with E-state index in [-0.39, 0.29) is 17.6 Å². The van der Waals surface area contributed by atoms with Gasteiger partial charge in [-0.3, -0.25) is 4.79 Å². The van der Waals surface area contributed by atoms with Crippen LogP contribution in [0.15, 0.2) is 18.5 Å². The monoisotopic (exact) mass is 292 g/mol. The highest BCUT2D eigenvalue weighted by Gasteiger charge is 2.41. The number of ether oxygens (including phenoxy) is 2. The second-order valence-electron chi connectivity index (χ2n) is 5.53. The smallest absolute Gasteiger partial charge is 0.253 e. The number of amides is 1. The fourth-order valence-electron chi connectivity index (χ4n) is 2.78. The van der Waals surface area contributed by atoms with Gasteiger partial charge in [-0.15, -0.1) is 0 Å². The lowest BCUT2D eigenvalue weighted by Gasteiger charge is -2.27. The third-order valence-corrected chi connectivity index (χ3v) is 3.91. The molecule has 114 valence electrons. The fraction of sp³-hybridized carbons (Fsp3) is 0.643. The summed E-state index contributed by atoms with van der Waals surface area (Å²) in [6.07, 6.45) is 4.88. The summed E-state index contributed by atoms with van der Waals surface area (Å²) in [5.74, 6) is -0.148. The molecule has 0 aliphatic carbocycles. The lowest BCUT2D eigenvalue weighted by molar-refractivity contribution is -0.0764. The van der Waals surface area contributed by atoms with Crippen molar-refractivity contribution in [3.8, 4) is 0 Å². The van der Waals surface area contributed by atoms with Gasteiger partial charge in [-0.25, -0.2) is 0 Å². The van der Waals surface area contributed by atoms with Crippen LogP contribution >= 0.6 is 0 Å². The van der Waals surface area contributed by atoms with Gasteiger partial charge in [0.15, 0.2) is 0 Å². The quantitative estimate of drug-likeness (QED) is 0.799. The number of aromatic nitrogens is 2. The van der Waals surface area contributed by atoms with E-state index in [1.807, 2.05) is 0 Å². The maximum Gasteiger partial charge on any atom is 0.253 e. The van der Waals surface area contributed by atoms with E-state index in [9.17, 15) is 4.79 Å². The molecule has 7 heteroatoms. The third-order valence-electron chi connectivity index (χ3n) is 3.91.